The van der Waals surface area contributed by atoms with Gasteiger partial charge in [0.05, 0.1) is 0 Å². The van der Waals surface area contributed by atoms with Crippen molar-refractivity contribution >= 4 is 5.84 Å². The van der Waals surface area contributed by atoms with Gasteiger partial charge in [0.25, 0.3) is 0 Å². The highest BCUT2D eigenvalue weighted by molar-refractivity contribution is 5.97. The number of hydrogen-bond acceptors (Lipinski definition) is 2. The molecule has 4 heteroatoms. The second-order valence-electron chi connectivity index (χ2n) is 6.25. The zero-order valence-electron chi connectivity index (χ0n) is 13.9. The minimum absolute atomic E-state index is 0.446. The van der Waals surface area contributed by atoms with Crippen LogP contribution in [0.5, 0.6) is 0 Å². The van der Waals surface area contributed by atoms with Gasteiger partial charge in [0.2, 0.25) is 0 Å². The van der Waals surface area contributed by atoms with Crippen LogP contribution in [-0.4, -0.2) is 10.5 Å². The standard InChI is InChI=1S/C18H30N4/c1-3-16-15(13-17(22(16)20)18(19)21-4-2)14-11-9-7-5-6-8-10-12-14/h4,13-14H,2-3,5-12,20H2,1H3,(H2,19,21). The molecule has 0 aliphatic heterocycles. The van der Waals surface area contributed by atoms with E-state index in [-0.39, 0.29) is 0 Å². The van der Waals surface area contributed by atoms with Crippen molar-refractivity contribution in [3.63, 3.8) is 0 Å². The highest BCUT2D eigenvalue weighted by atomic mass is 15.3. The molecule has 0 aromatic carbocycles. The first-order chi connectivity index (χ1) is 10.7. The molecule has 1 heterocycles. The first-order valence-corrected chi connectivity index (χ1v) is 8.63. The van der Waals surface area contributed by atoms with E-state index in [2.05, 4.69) is 24.6 Å². The van der Waals surface area contributed by atoms with Gasteiger partial charge < -0.3 is 11.6 Å². The summed E-state index contributed by atoms with van der Waals surface area (Å²) in [7, 11) is 0. The third kappa shape index (κ3) is 3.73. The summed E-state index contributed by atoms with van der Waals surface area (Å²) in [6, 6.07) is 2.16. The van der Waals surface area contributed by atoms with Gasteiger partial charge in [0.1, 0.15) is 11.5 Å². The maximum atomic E-state index is 6.27. The number of aliphatic imine (C=N–C) groups is 1. The molecule has 1 aliphatic rings. The average Bonchev–Trinajstić information content (AvgIpc) is 2.90. The Morgan fingerprint density at radius 3 is 2.41 bits per heavy atom. The Hall–Kier alpha value is -1.71. The predicted octanol–water partition coefficient (Wildman–Crippen LogP) is 3.83. The van der Waals surface area contributed by atoms with Crippen LogP contribution in [-0.2, 0) is 6.42 Å². The lowest BCUT2D eigenvalue weighted by Crippen LogP contribution is -2.23. The first-order valence-electron chi connectivity index (χ1n) is 8.63. The van der Waals surface area contributed by atoms with Crippen molar-refractivity contribution in [2.45, 2.75) is 70.6 Å². The number of rotatable bonds is 4. The summed E-state index contributed by atoms with van der Waals surface area (Å²) in [6.45, 7) is 5.77. The van der Waals surface area contributed by atoms with Gasteiger partial charge in [-0.3, -0.25) is 4.68 Å². The molecular weight excluding hydrogens is 272 g/mol. The summed E-state index contributed by atoms with van der Waals surface area (Å²) in [6.07, 6.45) is 13.0. The molecule has 1 fully saturated rings. The van der Waals surface area contributed by atoms with Crippen molar-refractivity contribution < 1.29 is 0 Å². The van der Waals surface area contributed by atoms with Gasteiger partial charge in [-0.1, -0.05) is 52.0 Å². The zero-order chi connectivity index (χ0) is 15.9. The van der Waals surface area contributed by atoms with Crippen LogP contribution in [0.2, 0.25) is 0 Å². The molecule has 22 heavy (non-hydrogen) atoms. The molecule has 0 spiro atoms. The molecule has 1 aromatic heterocycles. The summed E-state index contributed by atoms with van der Waals surface area (Å²) in [5.41, 5.74) is 9.42. The molecule has 0 radical (unpaired) electrons. The van der Waals surface area contributed by atoms with Gasteiger partial charge in [-0.15, -0.1) is 0 Å². The van der Waals surface area contributed by atoms with Crippen LogP contribution >= 0.6 is 0 Å². The fourth-order valence-electron chi connectivity index (χ4n) is 3.62. The molecule has 0 atom stereocenters. The van der Waals surface area contributed by atoms with Gasteiger partial charge >= 0.3 is 0 Å². The SMILES string of the molecule is C=CN=C(N)c1cc(C2CCCCCCCC2)c(CC)n1N. The van der Waals surface area contributed by atoms with Crippen molar-refractivity contribution in [2.75, 3.05) is 5.84 Å². The number of amidine groups is 1. The Balaban J connectivity index is 2.33. The van der Waals surface area contributed by atoms with E-state index in [1.165, 1.54) is 68.8 Å². The number of aromatic nitrogens is 1. The normalized spacial score (nSPS) is 18.5. The van der Waals surface area contributed by atoms with E-state index in [4.69, 9.17) is 11.6 Å². The smallest absolute Gasteiger partial charge is 0.149 e. The van der Waals surface area contributed by atoms with Crippen LogP contribution < -0.4 is 11.6 Å². The second-order valence-corrected chi connectivity index (χ2v) is 6.25. The van der Waals surface area contributed by atoms with Crippen molar-refractivity contribution in [2.24, 2.45) is 10.7 Å². The second kappa shape index (κ2) is 8.06. The van der Waals surface area contributed by atoms with Crippen LogP contribution in [0.3, 0.4) is 0 Å². The minimum Gasteiger partial charge on any atom is -0.382 e. The fraction of sp³-hybridized carbons (Fsp3) is 0.611. The largest absolute Gasteiger partial charge is 0.382 e. The maximum absolute atomic E-state index is 6.27. The lowest BCUT2D eigenvalue weighted by Gasteiger charge is -2.17. The Morgan fingerprint density at radius 1 is 1.27 bits per heavy atom. The lowest BCUT2D eigenvalue weighted by atomic mass is 9.89. The van der Waals surface area contributed by atoms with E-state index in [0.717, 1.165) is 12.1 Å². The molecule has 0 amide bonds. The van der Waals surface area contributed by atoms with Gasteiger partial charge in [-0.05, 0) is 36.8 Å². The Kier molecular flexibility index (Phi) is 6.10. The summed E-state index contributed by atoms with van der Waals surface area (Å²) < 4.78 is 1.73. The third-order valence-electron chi connectivity index (χ3n) is 4.80. The molecule has 0 saturated heterocycles. The number of nitrogens with two attached hydrogens (primary N) is 2. The zero-order valence-corrected chi connectivity index (χ0v) is 13.9. The summed E-state index contributed by atoms with van der Waals surface area (Å²) >= 11 is 0. The molecule has 1 aromatic rings. The van der Waals surface area contributed by atoms with Crippen LogP contribution in [0.1, 0.15) is 81.2 Å². The van der Waals surface area contributed by atoms with Crippen LogP contribution in [0.25, 0.3) is 0 Å². The summed E-state index contributed by atoms with van der Waals surface area (Å²) in [5.74, 6) is 7.33. The maximum Gasteiger partial charge on any atom is 0.149 e. The van der Waals surface area contributed by atoms with Crippen LogP contribution in [0.4, 0.5) is 0 Å². The van der Waals surface area contributed by atoms with E-state index >= 15 is 0 Å². The molecule has 1 saturated carbocycles. The molecule has 4 nitrogen and oxygen atoms in total. The Bertz CT molecular complexity index is 517. The number of hydrogen-bond donors (Lipinski definition) is 2. The monoisotopic (exact) mass is 302 g/mol. The van der Waals surface area contributed by atoms with E-state index in [1.807, 2.05) is 0 Å². The van der Waals surface area contributed by atoms with E-state index in [9.17, 15) is 0 Å². The molecular formula is C18H30N4. The number of nitrogen functional groups attached to an aromatic ring is 1. The highest BCUT2D eigenvalue weighted by Gasteiger charge is 2.21. The highest BCUT2D eigenvalue weighted by Crippen LogP contribution is 2.33. The predicted molar refractivity (Wildman–Crippen MR) is 94.6 cm³/mol. The molecule has 0 bridgehead atoms. The van der Waals surface area contributed by atoms with Crippen molar-refractivity contribution in [1.29, 1.82) is 0 Å². The Labute approximate surface area is 134 Å². The summed E-state index contributed by atoms with van der Waals surface area (Å²) in [5, 5.41) is 0. The van der Waals surface area contributed by atoms with Crippen LogP contribution in [0, 0.1) is 0 Å². The lowest BCUT2D eigenvalue weighted by molar-refractivity contribution is 0.535. The van der Waals surface area contributed by atoms with Crippen molar-refractivity contribution in [3.05, 3.63) is 35.8 Å². The average molecular weight is 302 g/mol. The van der Waals surface area contributed by atoms with E-state index in [1.54, 1.807) is 4.68 Å². The molecule has 1 aliphatic carbocycles. The topological polar surface area (TPSA) is 69.3 Å². The molecule has 0 unspecified atom stereocenters. The van der Waals surface area contributed by atoms with E-state index < -0.39 is 0 Å². The molecule has 2 rings (SSSR count). The van der Waals surface area contributed by atoms with Crippen LogP contribution in [0.15, 0.2) is 23.8 Å². The first kappa shape index (κ1) is 16.7. The van der Waals surface area contributed by atoms with E-state index in [0.29, 0.717) is 11.8 Å². The summed E-state index contributed by atoms with van der Waals surface area (Å²) in [4.78, 5) is 4.10. The minimum atomic E-state index is 0.446. The van der Waals surface area contributed by atoms with Gasteiger partial charge in [0.15, 0.2) is 0 Å². The van der Waals surface area contributed by atoms with Crippen molar-refractivity contribution in [3.8, 4) is 0 Å². The quantitative estimate of drug-likeness (QED) is 0.504. The fourth-order valence-corrected chi connectivity index (χ4v) is 3.62. The van der Waals surface area contributed by atoms with Gasteiger partial charge in [-0.25, -0.2) is 4.99 Å². The Morgan fingerprint density at radius 2 is 1.86 bits per heavy atom. The molecule has 122 valence electrons. The van der Waals surface area contributed by atoms with Gasteiger partial charge in [-0.2, -0.15) is 0 Å². The number of nitrogens with zero attached hydrogens (tertiary/aromatic N) is 2. The van der Waals surface area contributed by atoms with Crippen molar-refractivity contribution in [1.82, 2.24) is 4.68 Å². The van der Waals surface area contributed by atoms with Gasteiger partial charge in [0, 0.05) is 11.9 Å². The molecule has 4 N–H and O–H groups in total. The third-order valence-corrected chi connectivity index (χ3v) is 4.80.